The second kappa shape index (κ2) is 5.57. The van der Waals surface area contributed by atoms with Crippen molar-refractivity contribution in [3.8, 4) is 0 Å². The number of hydrogen-bond donors (Lipinski definition) is 1. The highest BCUT2D eigenvalue weighted by molar-refractivity contribution is 8.14. The summed E-state index contributed by atoms with van der Waals surface area (Å²) in [4.78, 5) is 11.8. The van der Waals surface area contributed by atoms with E-state index in [0.717, 1.165) is 5.75 Å². The van der Waals surface area contributed by atoms with Gasteiger partial charge >= 0.3 is 0 Å². The molecule has 92 valence electrons. The molecule has 1 aliphatic rings. The molecular formula is C9H9Cl2N3O2S. The number of halogens is 2. The molecule has 0 saturated carbocycles. The molecular weight excluding hydrogens is 285 g/mol. The Morgan fingerprint density at radius 1 is 1.53 bits per heavy atom. The Balaban J connectivity index is 0.00000144. The van der Waals surface area contributed by atoms with Gasteiger partial charge in [-0.25, -0.2) is 0 Å². The number of non-ortho nitro benzene ring substituents is 1. The number of anilines is 1. The first kappa shape index (κ1) is 14.1. The maximum Gasteiger partial charge on any atom is 0.271 e. The number of rotatable bonds is 2. The molecule has 1 N–H and O–H groups in total. The van der Waals surface area contributed by atoms with Crippen LogP contribution >= 0.6 is 35.8 Å². The highest BCUT2D eigenvalue weighted by atomic mass is 35.5. The first-order valence-electron chi connectivity index (χ1n) is 4.52. The molecule has 1 aromatic carbocycles. The average molecular weight is 294 g/mol. The van der Waals surface area contributed by atoms with Crippen LogP contribution in [0.15, 0.2) is 18.2 Å². The zero-order chi connectivity index (χ0) is 11.7. The van der Waals surface area contributed by atoms with Gasteiger partial charge in [0.1, 0.15) is 0 Å². The number of amidine groups is 1. The molecule has 1 fully saturated rings. The monoisotopic (exact) mass is 293 g/mol. The van der Waals surface area contributed by atoms with Gasteiger partial charge in [0.15, 0.2) is 5.17 Å². The van der Waals surface area contributed by atoms with Gasteiger partial charge in [0.05, 0.1) is 15.6 Å². The van der Waals surface area contributed by atoms with Gasteiger partial charge < -0.3 is 4.90 Å². The third-order valence-corrected chi connectivity index (χ3v) is 3.41. The lowest BCUT2D eigenvalue weighted by molar-refractivity contribution is -0.384. The van der Waals surface area contributed by atoms with Crippen LogP contribution in [-0.4, -0.2) is 22.4 Å². The Hall–Kier alpha value is -0.980. The molecule has 1 aromatic rings. The van der Waals surface area contributed by atoms with Crippen molar-refractivity contribution in [1.82, 2.24) is 0 Å². The summed E-state index contributed by atoms with van der Waals surface area (Å²) in [5.74, 6) is 0.839. The molecule has 0 atom stereocenters. The summed E-state index contributed by atoms with van der Waals surface area (Å²) in [5, 5.41) is 18.9. The number of nitro benzene ring substituents is 1. The van der Waals surface area contributed by atoms with Crippen molar-refractivity contribution in [1.29, 1.82) is 5.41 Å². The number of nitro groups is 1. The van der Waals surface area contributed by atoms with Gasteiger partial charge in [-0.1, -0.05) is 23.4 Å². The van der Waals surface area contributed by atoms with Crippen molar-refractivity contribution < 1.29 is 4.92 Å². The minimum Gasteiger partial charge on any atom is -0.319 e. The fraction of sp³-hybridized carbons (Fsp3) is 0.222. The molecule has 5 nitrogen and oxygen atoms in total. The molecule has 1 heterocycles. The Kier molecular flexibility index (Phi) is 4.62. The van der Waals surface area contributed by atoms with Crippen molar-refractivity contribution in [2.75, 3.05) is 17.2 Å². The zero-order valence-corrected chi connectivity index (χ0v) is 10.9. The molecule has 1 saturated heterocycles. The van der Waals surface area contributed by atoms with Crippen LogP contribution in [0.1, 0.15) is 0 Å². The molecule has 0 aliphatic carbocycles. The van der Waals surface area contributed by atoms with E-state index in [-0.39, 0.29) is 18.1 Å². The highest BCUT2D eigenvalue weighted by Crippen LogP contribution is 2.33. The Bertz CT molecular complexity index is 470. The van der Waals surface area contributed by atoms with Crippen molar-refractivity contribution in [3.63, 3.8) is 0 Å². The van der Waals surface area contributed by atoms with Gasteiger partial charge in [-0.15, -0.1) is 12.4 Å². The van der Waals surface area contributed by atoms with Gasteiger partial charge in [-0.05, 0) is 6.07 Å². The molecule has 0 amide bonds. The van der Waals surface area contributed by atoms with Crippen molar-refractivity contribution >= 4 is 52.3 Å². The van der Waals surface area contributed by atoms with Crippen LogP contribution in [0.5, 0.6) is 0 Å². The van der Waals surface area contributed by atoms with Crippen molar-refractivity contribution in [3.05, 3.63) is 33.3 Å². The van der Waals surface area contributed by atoms with Gasteiger partial charge in [0, 0.05) is 24.4 Å². The molecule has 8 heteroatoms. The largest absolute Gasteiger partial charge is 0.319 e. The van der Waals surface area contributed by atoms with Crippen LogP contribution in [0, 0.1) is 15.5 Å². The third-order valence-electron chi connectivity index (χ3n) is 2.23. The van der Waals surface area contributed by atoms with E-state index in [0.29, 0.717) is 22.4 Å². The van der Waals surface area contributed by atoms with E-state index < -0.39 is 4.92 Å². The van der Waals surface area contributed by atoms with E-state index in [1.165, 1.54) is 23.9 Å². The fourth-order valence-corrected chi connectivity index (χ4v) is 2.56. The maximum absolute atomic E-state index is 10.5. The van der Waals surface area contributed by atoms with Crippen LogP contribution in [0.3, 0.4) is 0 Å². The van der Waals surface area contributed by atoms with Gasteiger partial charge in [-0.2, -0.15) is 0 Å². The molecule has 0 bridgehead atoms. The SMILES string of the molecule is Cl.N=C1SCCN1c1ccc([N+](=O)[O-])cc1Cl. The molecule has 0 aromatic heterocycles. The van der Waals surface area contributed by atoms with Crippen LogP contribution in [-0.2, 0) is 0 Å². The molecule has 2 rings (SSSR count). The van der Waals surface area contributed by atoms with Crippen molar-refractivity contribution in [2.45, 2.75) is 0 Å². The summed E-state index contributed by atoms with van der Waals surface area (Å²) < 4.78 is 0. The van der Waals surface area contributed by atoms with Crippen LogP contribution in [0.2, 0.25) is 5.02 Å². The van der Waals surface area contributed by atoms with Gasteiger partial charge in [0.25, 0.3) is 5.69 Å². The third kappa shape index (κ3) is 2.83. The fourth-order valence-electron chi connectivity index (χ4n) is 1.47. The van der Waals surface area contributed by atoms with Crippen LogP contribution < -0.4 is 4.90 Å². The predicted octanol–water partition coefficient (Wildman–Crippen LogP) is 3.16. The minimum atomic E-state index is -0.486. The first-order valence-corrected chi connectivity index (χ1v) is 5.89. The first-order chi connectivity index (χ1) is 7.59. The number of benzene rings is 1. The van der Waals surface area contributed by atoms with E-state index in [1.807, 2.05) is 0 Å². The molecule has 1 aliphatic heterocycles. The molecule has 17 heavy (non-hydrogen) atoms. The zero-order valence-electron chi connectivity index (χ0n) is 8.55. The number of hydrogen-bond acceptors (Lipinski definition) is 4. The summed E-state index contributed by atoms with van der Waals surface area (Å²) in [7, 11) is 0. The molecule has 0 spiro atoms. The molecule has 0 radical (unpaired) electrons. The smallest absolute Gasteiger partial charge is 0.271 e. The van der Waals surface area contributed by atoms with Gasteiger partial charge in [0.2, 0.25) is 0 Å². The maximum atomic E-state index is 10.5. The second-order valence-electron chi connectivity index (χ2n) is 3.20. The van der Waals surface area contributed by atoms with E-state index in [9.17, 15) is 10.1 Å². The normalized spacial score (nSPS) is 14.6. The summed E-state index contributed by atoms with van der Waals surface area (Å²) in [5.41, 5.74) is 0.620. The number of nitrogens with zero attached hydrogens (tertiary/aromatic N) is 2. The average Bonchev–Trinajstić information content (AvgIpc) is 2.64. The topological polar surface area (TPSA) is 70.2 Å². The lowest BCUT2D eigenvalue weighted by Gasteiger charge is -2.17. The Morgan fingerprint density at radius 2 is 2.24 bits per heavy atom. The minimum absolute atomic E-state index is 0. The summed E-state index contributed by atoms with van der Waals surface area (Å²) >= 11 is 7.40. The second-order valence-corrected chi connectivity index (χ2v) is 4.69. The summed E-state index contributed by atoms with van der Waals surface area (Å²) in [6, 6.07) is 4.30. The van der Waals surface area contributed by atoms with Crippen molar-refractivity contribution in [2.24, 2.45) is 0 Å². The van der Waals surface area contributed by atoms with E-state index >= 15 is 0 Å². The highest BCUT2D eigenvalue weighted by Gasteiger charge is 2.22. The number of nitrogens with one attached hydrogen (secondary N) is 1. The van der Waals surface area contributed by atoms with Gasteiger partial charge in [-0.3, -0.25) is 15.5 Å². The summed E-state index contributed by atoms with van der Waals surface area (Å²) in [6.45, 7) is 0.709. The standard InChI is InChI=1S/C9H8ClN3O2S.ClH/c10-7-5-6(13(14)15)1-2-8(7)12-3-4-16-9(12)11;/h1-2,5,11H,3-4H2;1H. The van der Waals surface area contributed by atoms with E-state index in [2.05, 4.69) is 0 Å². The van der Waals surface area contributed by atoms with E-state index in [4.69, 9.17) is 17.0 Å². The molecule has 0 unspecified atom stereocenters. The Morgan fingerprint density at radius 3 is 2.71 bits per heavy atom. The quantitative estimate of drug-likeness (QED) is 0.672. The van der Waals surface area contributed by atoms with Crippen LogP contribution in [0.25, 0.3) is 0 Å². The number of thioether (sulfide) groups is 1. The summed E-state index contributed by atoms with van der Waals surface area (Å²) in [6.07, 6.45) is 0. The lowest BCUT2D eigenvalue weighted by atomic mass is 10.2. The van der Waals surface area contributed by atoms with Crippen LogP contribution in [0.4, 0.5) is 11.4 Å². The Labute approximate surface area is 113 Å². The lowest BCUT2D eigenvalue weighted by Crippen LogP contribution is -2.22. The predicted molar refractivity (Wildman–Crippen MR) is 72.9 cm³/mol. The van der Waals surface area contributed by atoms with E-state index in [1.54, 1.807) is 11.0 Å².